The molecule has 0 aromatic heterocycles. The highest BCUT2D eigenvalue weighted by Crippen LogP contribution is 2.33. The van der Waals surface area contributed by atoms with Crippen LogP contribution < -0.4 is 9.62 Å². The molecule has 1 N–H and O–H groups in total. The Balaban J connectivity index is 1.75. The van der Waals surface area contributed by atoms with Crippen LogP contribution in [0.1, 0.15) is 44.6 Å². The third kappa shape index (κ3) is 7.71. The Morgan fingerprint density at radius 2 is 1.57 bits per heavy atom. The van der Waals surface area contributed by atoms with Crippen LogP contribution in [0.3, 0.4) is 0 Å². The van der Waals surface area contributed by atoms with Crippen molar-refractivity contribution in [2.24, 2.45) is 0 Å². The smallest absolute Gasteiger partial charge is 0.264 e. The summed E-state index contributed by atoms with van der Waals surface area (Å²) in [7, 11) is -4.27. The van der Waals surface area contributed by atoms with Gasteiger partial charge in [-0.25, -0.2) is 8.42 Å². The van der Waals surface area contributed by atoms with E-state index in [2.05, 4.69) is 5.32 Å². The Kier molecular flexibility index (Phi) is 11.1. The number of anilines is 1. The number of carbonyl (C=O) groups excluding carboxylic acids is 2. The van der Waals surface area contributed by atoms with E-state index in [1.165, 1.54) is 35.2 Å². The van der Waals surface area contributed by atoms with Crippen molar-refractivity contribution in [2.45, 2.75) is 62.6 Å². The lowest BCUT2D eigenvalue weighted by Crippen LogP contribution is -2.53. The molecule has 2 amide bonds. The molecule has 4 rings (SSSR count). The van der Waals surface area contributed by atoms with Crippen molar-refractivity contribution in [3.8, 4) is 0 Å². The first kappa shape index (κ1) is 32.4. The highest BCUT2D eigenvalue weighted by molar-refractivity contribution is 7.92. The van der Waals surface area contributed by atoms with Crippen LogP contribution in [0.4, 0.5) is 5.69 Å². The standard InChI is InChI=1S/C30H31Cl4N3O4S/c1-2-27(30(39)35-22-8-6-7-9-22)36(18-20-12-14-24(32)26(34)16-20)29(38)19-37(28-17-21(31)13-15-25(28)33)42(40,41)23-10-4-3-5-11-23/h3-5,10-17,22,27H,2,6-9,18-19H2,1H3,(H,35,39). The van der Waals surface area contributed by atoms with Gasteiger partial charge in [-0.05, 0) is 67.3 Å². The molecule has 1 aliphatic carbocycles. The predicted octanol–water partition coefficient (Wildman–Crippen LogP) is 7.36. The van der Waals surface area contributed by atoms with Crippen LogP contribution in [-0.2, 0) is 26.2 Å². The van der Waals surface area contributed by atoms with Crippen LogP contribution in [0.5, 0.6) is 0 Å². The van der Waals surface area contributed by atoms with Crippen molar-refractivity contribution in [3.05, 3.63) is 92.4 Å². The number of rotatable bonds is 11. The fourth-order valence-electron chi connectivity index (χ4n) is 5.03. The molecule has 1 atom stereocenters. The molecule has 0 spiro atoms. The van der Waals surface area contributed by atoms with E-state index in [1.807, 2.05) is 0 Å². The second-order valence-corrected chi connectivity index (χ2v) is 13.6. The molecule has 0 saturated heterocycles. The van der Waals surface area contributed by atoms with E-state index in [4.69, 9.17) is 46.4 Å². The fourth-order valence-corrected chi connectivity index (χ4v) is 7.23. The van der Waals surface area contributed by atoms with Crippen LogP contribution in [0, 0.1) is 0 Å². The molecule has 1 fully saturated rings. The molecule has 0 bridgehead atoms. The lowest BCUT2D eigenvalue weighted by molar-refractivity contribution is -0.140. The van der Waals surface area contributed by atoms with E-state index >= 15 is 0 Å². The van der Waals surface area contributed by atoms with E-state index in [0.717, 1.165) is 30.0 Å². The van der Waals surface area contributed by atoms with E-state index in [1.54, 1.807) is 43.3 Å². The normalized spacial score (nSPS) is 14.4. The first-order chi connectivity index (χ1) is 20.0. The van der Waals surface area contributed by atoms with Gasteiger partial charge in [0.1, 0.15) is 12.6 Å². The zero-order chi connectivity index (χ0) is 30.4. The summed E-state index contributed by atoms with van der Waals surface area (Å²) in [5, 5.41) is 4.05. The SMILES string of the molecule is CCC(C(=O)NC1CCCC1)N(Cc1ccc(Cl)c(Cl)c1)C(=O)CN(c1cc(Cl)ccc1Cl)S(=O)(=O)c1ccccc1. The molecule has 7 nitrogen and oxygen atoms in total. The molecule has 0 heterocycles. The van der Waals surface area contributed by atoms with Crippen molar-refractivity contribution < 1.29 is 18.0 Å². The highest BCUT2D eigenvalue weighted by atomic mass is 35.5. The van der Waals surface area contributed by atoms with Gasteiger partial charge in [-0.2, -0.15) is 0 Å². The van der Waals surface area contributed by atoms with Crippen molar-refractivity contribution in [3.63, 3.8) is 0 Å². The number of benzene rings is 3. The molecule has 1 saturated carbocycles. The first-order valence-corrected chi connectivity index (χ1v) is 16.5. The Morgan fingerprint density at radius 3 is 2.21 bits per heavy atom. The number of hydrogen-bond donors (Lipinski definition) is 1. The van der Waals surface area contributed by atoms with Gasteiger partial charge in [0.2, 0.25) is 11.8 Å². The molecule has 3 aromatic rings. The summed E-state index contributed by atoms with van der Waals surface area (Å²) in [6.45, 7) is 1.17. The van der Waals surface area contributed by atoms with Gasteiger partial charge >= 0.3 is 0 Å². The Hall–Kier alpha value is -2.49. The second-order valence-electron chi connectivity index (χ2n) is 10.1. The molecule has 1 aliphatic rings. The molecule has 42 heavy (non-hydrogen) atoms. The average Bonchev–Trinajstić information content (AvgIpc) is 3.48. The molecule has 12 heteroatoms. The summed E-state index contributed by atoms with van der Waals surface area (Å²) in [6, 6.07) is 16.2. The molecular formula is C30H31Cl4N3O4S. The Labute approximate surface area is 266 Å². The zero-order valence-corrected chi connectivity index (χ0v) is 26.7. The number of nitrogens with one attached hydrogen (secondary N) is 1. The third-order valence-corrected chi connectivity index (χ3v) is 10.3. The largest absolute Gasteiger partial charge is 0.352 e. The first-order valence-electron chi connectivity index (χ1n) is 13.6. The number of hydrogen-bond acceptors (Lipinski definition) is 4. The number of halogens is 4. The predicted molar refractivity (Wildman–Crippen MR) is 169 cm³/mol. The van der Waals surface area contributed by atoms with Gasteiger partial charge < -0.3 is 10.2 Å². The summed E-state index contributed by atoms with van der Waals surface area (Å²) >= 11 is 25.1. The van der Waals surface area contributed by atoms with Crippen molar-refractivity contribution >= 4 is 73.9 Å². The molecule has 224 valence electrons. The Morgan fingerprint density at radius 1 is 0.905 bits per heavy atom. The molecule has 1 unspecified atom stereocenters. The third-order valence-electron chi connectivity index (χ3n) is 7.21. The van der Waals surface area contributed by atoms with Gasteiger partial charge in [0.05, 0.1) is 25.7 Å². The number of nitrogens with zero attached hydrogens (tertiary/aromatic N) is 2. The summed E-state index contributed by atoms with van der Waals surface area (Å²) in [4.78, 5) is 29.1. The van der Waals surface area contributed by atoms with Crippen LogP contribution in [0.15, 0.2) is 71.6 Å². The van der Waals surface area contributed by atoms with Crippen molar-refractivity contribution in [2.75, 3.05) is 10.8 Å². The zero-order valence-electron chi connectivity index (χ0n) is 22.9. The maximum Gasteiger partial charge on any atom is 0.264 e. The van der Waals surface area contributed by atoms with Crippen molar-refractivity contribution in [1.82, 2.24) is 10.2 Å². The maximum atomic E-state index is 14.2. The summed E-state index contributed by atoms with van der Waals surface area (Å²) in [6.07, 6.45) is 4.11. The van der Waals surface area contributed by atoms with E-state index in [0.29, 0.717) is 22.0 Å². The lowest BCUT2D eigenvalue weighted by atomic mass is 10.1. The molecule has 0 aliphatic heterocycles. The monoisotopic (exact) mass is 669 g/mol. The molecule has 0 radical (unpaired) electrons. The Bertz CT molecular complexity index is 1530. The van der Waals surface area contributed by atoms with Crippen molar-refractivity contribution in [1.29, 1.82) is 0 Å². The quantitative estimate of drug-likeness (QED) is 0.231. The second kappa shape index (κ2) is 14.3. The summed E-state index contributed by atoms with van der Waals surface area (Å²) in [5.41, 5.74) is 0.669. The van der Waals surface area contributed by atoms with E-state index in [-0.39, 0.29) is 39.1 Å². The molecular weight excluding hydrogens is 640 g/mol. The average molecular weight is 671 g/mol. The number of carbonyl (C=O) groups is 2. The topological polar surface area (TPSA) is 86.8 Å². The van der Waals surface area contributed by atoms with Crippen LogP contribution in [-0.4, -0.2) is 43.8 Å². The van der Waals surface area contributed by atoms with Gasteiger partial charge in [0.15, 0.2) is 0 Å². The van der Waals surface area contributed by atoms with Gasteiger partial charge in [-0.1, -0.05) is 90.4 Å². The van der Waals surface area contributed by atoms with Gasteiger partial charge in [-0.3, -0.25) is 13.9 Å². The van der Waals surface area contributed by atoms with Gasteiger partial charge in [0.25, 0.3) is 10.0 Å². The fraction of sp³-hybridized carbons (Fsp3) is 0.333. The van der Waals surface area contributed by atoms with Crippen LogP contribution in [0.25, 0.3) is 0 Å². The lowest BCUT2D eigenvalue weighted by Gasteiger charge is -2.34. The van der Waals surface area contributed by atoms with Gasteiger partial charge in [0, 0.05) is 17.6 Å². The number of amides is 2. The molecule has 3 aromatic carbocycles. The van der Waals surface area contributed by atoms with E-state index in [9.17, 15) is 18.0 Å². The minimum Gasteiger partial charge on any atom is -0.352 e. The number of sulfonamides is 1. The van der Waals surface area contributed by atoms with Crippen LogP contribution in [0.2, 0.25) is 20.1 Å². The van der Waals surface area contributed by atoms with Crippen LogP contribution >= 0.6 is 46.4 Å². The summed E-state index contributed by atoms with van der Waals surface area (Å²) < 4.78 is 28.8. The van der Waals surface area contributed by atoms with E-state index < -0.39 is 28.5 Å². The van der Waals surface area contributed by atoms with Gasteiger partial charge in [-0.15, -0.1) is 0 Å². The summed E-state index contributed by atoms with van der Waals surface area (Å²) in [5.74, 6) is -0.902. The minimum absolute atomic E-state index is 0.00514. The maximum absolute atomic E-state index is 14.2. The minimum atomic E-state index is -4.27. The highest BCUT2D eigenvalue weighted by Gasteiger charge is 2.35.